The SMILES string of the molecule is [N-]=[N+]=NCCOCCOCCNc1cccc2c1CN(C1CCC(=O)NC1=O)C2=O. The van der Waals surface area contributed by atoms with Crippen molar-refractivity contribution in [3.05, 3.63) is 39.8 Å². The molecule has 30 heavy (non-hydrogen) atoms. The highest BCUT2D eigenvalue weighted by molar-refractivity contribution is 6.06. The normalized spacial score (nSPS) is 18.1. The van der Waals surface area contributed by atoms with Crippen molar-refractivity contribution in [3.63, 3.8) is 0 Å². The molecular formula is C19H24N6O5. The van der Waals surface area contributed by atoms with E-state index in [9.17, 15) is 14.4 Å². The molecule has 3 rings (SSSR count). The second-order valence-electron chi connectivity index (χ2n) is 6.84. The first-order valence-corrected chi connectivity index (χ1v) is 9.78. The summed E-state index contributed by atoms with van der Waals surface area (Å²) in [7, 11) is 0. The minimum Gasteiger partial charge on any atom is -0.382 e. The predicted octanol–water partition coefficient (Wildman–Crippen LogP) is 1.20. The number of benzene rings is 1. The fourth-order valence-electron chi connectivity index (χ4n) is 3.48. The monoisotopic (exact) mass is 416 g/mol. The van der Waals surface area contributed by atoms with Gasteiger partial charge in [0.25, 0.3) is 5.91 Å². The van der Waals surface area contributed by atoms with Gasteiger partial charge in [-0.1, -0.05) is 11.2 Å². The van der Waals surface area contributed by atoms with Crippen LogP contribution in [0.25, 0.3) is 10.4 Å². The molecule has 1 unspecified atom stereocenters. The van der Waals surface area contributed by atoms with Crippen LogP contribution in [0.1, 0.15) is 28.8 Å². The second-order valence-corrected chi connectivity index (χ2v) is 6.84. The van der Waals surface area contributed by atoms with Crippen LogP contribution in [0, 0.1) is 0 Å². The molecule has 0 spiro atoms. The van der Waals surface area contributed by atoms with Crippen molar-refractivity contribution in [3.8, 4) is 0 Å². The molecule has 1 aromatic carbocycles. The average Bonchev–Trinajstić information content (AvgIpc) is 3.07. The third-order valence-corrected chi connectivity index (χ3v) is 4.91. The Kier molecular flexibility index (Phi) is 7.61. The lowest BCUT2D eigenvalue weighted by atomic mass is 10.0. The van der Waals surface area contributed by atoms with Crippen LogP contribution in [0.4, 0.5) is 5.69 Å². The Bertz CT molecular complexity index is 854. The molecule has 0 saturated carbocycles. The number of ether oxygens (including phenoxy) is 2. The van der Waals surface area contributed by atoms with Crippen LogP contribution in [0.3, 0.4) is 0 Å². The van der Waals surface area contributed by atoms with E-state index in [-0.39, 0.29) is 18.2 Å². The van der Waals surface area contributed by atoms with E-state index in [1.165, 1.54) is 4.90 Å². The van der Waals surface area contributed by atoms with Gasteiger partial charge in [0.05, 0.1) is 26.4 Å². The Hall–Kier alpha value is -3.14. The van der Waals surface area contributed by atoms with E-state index in [1.807, 2.05) is 6.07 Å². The Morgan fingerprint density at radius 3 is 2.77 bits per heavy atom. The van der Waals surface area contributed by atoms with E-state index in [0.717, 1.165) is 11.3 Å². The molecule has 11 heteroatoms. The van der Waals surface area contributed by atoms with Gasteiger partial charge in [0.15, 0.2) is 0 Å². The highest BCUT2D eigenvalue weighted by Gasteiger charge is 2.39. The standard InChI is InChI=1S/C19H24N6O5/c20-24-22-7-9-30-11-10-29-8-6-21-15-3-1-2-13-14(15)12-25(19(13)28)16-4-5-17(26)23-18(16)27/h1-3,16,21H,4-12H2,(H,23,26,27). The number of hydrogen-bond acceptors (Lipinski definition) is 7. The molecule has 2 heterocycles. The van der Waals surface area contributed by atoms with Crippen molar-refractivity contribution in [1.29, 1.82) is 0 Å². The Labute approximate surface area is 173 Å². The average molecular weight is 416 g/mol. The van der Waals surface area contributed by atoms with Crippen molar-refractivity contribution < 1.29 is 23.9 Å². The van der Waals surface area contributed by atoms with E-state index in [4.69, 9.17) is 15.0 Å². The van der Waals surface area contributed by atoms with E-state index in [2.05, 4.69) is 20.7 Å². The van der Waals surface area contributed by atoms with Gasteiger partial charge in [0.2, 0.25) is 11.8 Å². The fraction of sp³-hybridized carbons (Fsp3) is 0.526. The van der Waals surface area contributed by atoms with E-state index in [0.29, 0.717) is 58.0 Å². The Balaban J connectivity index is 1.46. The molecule has 0 aromatic heterocycles. The minimum atomic E-state index is -0.627. The first-order valence-electron chi connectivity index (χ1n) is 9.78. The molecule has 1 saturated heterocycles. The van der Waals surface area contributed by atoms with Gasteiger partial charge in [-0.05, 0) is 24.1 Å². The molecule has 0 aliphatic carbocycles. The Morgan fingerprint density at radius 1 is 1.20 bits per heavy atom. The van der Waals surface area contributed by atoms with Crippen LogP contribution >= 0.6 is 0 Å². The van der Waals surface area contributed by atoms with Crippen LogP contribution in [0.15, 0.2) is 23.3 Å². The zero-order valence-electron chi connectivity index (χ0n) is 16.5. The second kappa shape index (κ2) is 10.6. The van der Waals surface area contributed by atoms with Gasteiger partial charge in [-0.2, -0.15) is 0 Å². The Morgan fingerprint density at radius 2 is 2.00 bits per heavy atom. The lowest BCUT2D eigenvalue weighted by molar-refractivity contribution is -0.136. The minimum absolute atomic E-state index is 0.197. The van der Waals surface area contributed by atoms with Gasteiger partial charge >= 0.3 is 0 Å². The first-order chi connectivity index (χ1) is 14.6. The predicted molar refractivity (Wildman–Crippen MR) is 107 cm³/mol. The summed E-state index contributed by atoms with van der Waals surface area (Å²) >= 11 is 0. The van der Waals surface area contributed by atoms with Crippen molar-refractivity contribution in [2.75, 3.05) is 44.8 Å². The quantitative estimate of drug-likeness (QED) is 0.182. The highest BCUT2D eigenvalue weighted by Crippen LogP contribution is 2.32. The largest absolute Gasteiger partial charge is 0.382 e. The molecule has 11 nitrogen and oxygen atoms in total. The van der Waals surface area contributed by atoms with E-state index >= 15 is 0 Å². The maximum absolute atomic E-state index is 12.8. The maximum atomic E-state index is 12.8. The zero-order chi connectivity index (χ0) is 21.3. The number of azide groups is 1. The number of carbonyl (C=O) groups is 3. The van der Waals surface area contributed by atoms with E-state index < -0.39 is 11.9 Å². The van der Waals surface area contributed by atoms with Crippen molar-refractivity contribution in [1.82, 2.24) is 10.2 Å². The maximum Gasteiger partial charge on any atom is 0.255 e. The number of piperidine rings is 1. The molecule has 1 fully saturated rings. The topological polar surface area (TPSA) is 146 Å². The third-order valence-electron chi connectivity index (χ3n) is 4.91. The smallest absolute Gasteiger partial charge is 0.255 e. The highest BCUT2D eigenvalue weighted by atomic mass is 16.5. The number of rotatable bonds is 11. The summed E-state index contributed by atoms with van der Waals surface area (Å²) < 4.78 is 10.7. The summed E-state index contributed by atoms with van der Waals surface area (Å²) in [4.78, 5) is 40.5. The van der Waals surface area contributed by atoms with Gasteiger partial charge in [-0.3, -0.25) is 19.7 Å². The molecular weight excluding hydrogens is 392 g/mol. The molecule has 2 N–H and O–H groups in total. The number of carbonyl (C=O) groups excluding carboxylic acids is 3. The molecule has 3 amide bonds. The van der Waals surface area contributed by atoms with E-state index in [1.54, 1.807) is 12.1 Å². The number of amides is 3. The molecule has 0 bridgehead atoms. The molecule has 1 atom stereocenters. The first kappa shape index (κ1) is 21.6. The number of hydrogen-bond donors (Lipinski definition) is 2. The summed E-state index contributed by atoms with van der Waals surface area (Å²) in [6.45, 7) is 2.81. The number of imide groups is 1. The molecule has 1 aromatic rings. The number of nitrogens with one attached hydrogen (secondary N) is 2. The molecule has 2 aliphatic rings. The van der Waals surface area contributed by atoms with Crippen LogP contribution in [-0.4, -0.2) is 68.2 Å². The number of fused-ring (bicyclic) bond motifs is 1. The summed E-state index contributed by atoms with van der Waals surface area (Å²) in [6, 6.07) is 4.81. The number of anilines is 1. The molecule has 0 radical (unpaired) electrons. The van der Waals surface area contributed by atoms with Crippen LogP contribution in [-0.2, 0) is 25.6 Å². The lowest BCUT2D eigenvalue weighted by Crippen LogP contribution is -2.52. The summed E-state index contributed by atoms with van der Waals surface area (Å²) in [5, 5.41) is 8.95. The van der Waals surface area contributed by atoms with Crippen molar-refractivity contribution in [2.24, 2.45) is 5.11 Å². The van der Waals surface area contributed by atoms with Gasteiger partial charge in [-0.25, -0.2) is 0 Å². The lowest BCUT2D eigenvalue weighted by Gasteiger charge is -2.29. The third kappa shape index (κ3) is 5.26. The summed E-state index contributed by atoms with van der Waals surface area (Å²) in [6.07, 6.45) is 0.570. The summed E-state index contributed by atoms with van der Waals surface area (Å²) in [5.74, 6) is -0.918. The molecule has 160 valence electrons. The van der Waals surface area contributed by atoms with Crippen molar-refractivity contribution >= 4 is 23.4 Å². The van der Waals surface area contributed by atoms with Gasteiger partial charge in [0.1, 0.15) is 6.04 Å². The molecule has 2 aliphatic heterocycles. The zero-order valence-corrected chi connectivity index (χ0v) is 16.5. The fourth-order valence-corrected chi connectivity index (χ4v) is 3.48. The van der Waals surface area contributed by atoms with Gasteiger partial charge < -0.3 is 19.7 Å². The van der Waals surface area contributed by atoms with Crippen LogP contribution in [0.5, 0.6) is 0 Å². The van der Waals surface area contributed by atoms with Gasteiger partial charge in [-0.15, -0.1) is 0 Å². The van der Waals surface area contributed by atoms with Crippen molar-refractivity contribution in [2.45, 2.75) is 25.4 Å². The number of nitrogens with zero attached hydrogens (tertiary/aromatic N) is 4. The van der Waals surface area contributed by atoms with Crippen LogP contribution < -0.4 is 10.6 Å². The van der Waals surface area contributed by atoms with Crippen LogP contribution in [0.2, 0.25) is 0 Å². The van der Waals surface area contributed by atoms with Gasteiger partial charge in [0, 0.05) is 47.8 Å². The summed E-state index contributed by atoms with van der Waals surface area (Å²) in [5.41, 5.74) is 10.4.